The number of rotatable bonds is 2. The molecule has 0 amide bonds. The summed E-state index contributed by atoms with van der Waals surface area (Å²) < 4.78 is 25.6. The van der Waals surface area contributed by atoms with E-state index in [0.717, 1.165) is 11.1 Å². The predicted octanol–water partition coefficient (Wildman–Crippen LogP) is 3.43. The molecule has 2 aromatic rings. The molecule has 2 rings (SSSR count). The van der Waals surface area contributed by atoms with Crippen molar-refractivity contribution >= 4 is 5.71 Å². The molecule has 0 heterocycles. The SMILES string of the molecule is CN=C(c1ccc(F)cc1)c1ccc(F)cc1. The van der Waals surface area contributed by atoms with E-state index in [9.17, 15) is 8.78 Å². The van der Waals surface area contributed by atoms with Gasteiger partial charge in [0.25, 0.3) is 0 Å². The minimum atomic E-state index is -0.289. The molecule has 0 saturated carbocycles. The van der Waals surface area contributed by atoms with Crippen molar-refractivity contribution in [3.05, 3.63) is 71.3 Å². The fourth-order valence-corrected chi connectivity index (χ4v) is 1.64. The van der Waals surface area contributed by atoms with Gasteiger partial charge in [-0.2, -0.15) is 0 Å². The van der Waals surface area contributed by atoms with Gasteiger partial charge in [-0.25, -0.2) is 8.78 Å². The largest absolute Gasteiger partial charge is 0.287 e. The second kappa shape index (κ2) is 4.87. The minimum absolute atomic E-state index is 0.289. The van der Waals surface area contributed by atoms with Crippen LogP contribution in [0.25, 0.3) is 0 Å². The Balaban J connectivity index is 2.41. The monoisotopic (exact) mass is 231 g/mol. The molecule has 0 spiro atoms. The summed E-state index contributed by atoms with van der Waals surface area (Å²) in [6.45, 7) is 0. The summed E-state index contributed by atoms with van der Waals surface area (Å²) in [7, 11) is 1.65. The lowest BCUT2D eigenvalue weighted by Gasteiger charge is -2.06. The fraction of sp³-hybridized carbons (Fsp3) is 0.0714. The van der Waals surface area contributed by atoms with Crippen molar-refractivity contribution in [3.63, 3.8) is 0 Å². The molecule has 0 aliphatic rings. The van der Waals surface area contributed by atoms with Crippen LogP contribution in [0.1, 0.15) is 11.1 Å². The van der Waals surface area contributed by atoms with Gasteiger partial charge in [0.1, 0.15) is 11.6 Å². The van der Waals surface area contributed by atoms with Gasteiger partial charge >= 0.3 is 0 Å². The van der Waals surface area contributed by atoms with Gasteiger partial charge in [0.2, 0.25) is 0 Å². The normalized spacial score (nSPS) is 10.1. The zero-order valence-electron chi connectivity index (χ0n) is 9.32. The molecule has 0 unspecified atom stereocenters. The number of nitrogens with zero attached hydrogens (tertiary/aromatic N) is 1. The molecule has 17 heavy (non-hydrogen) atoms. The van der Waals surface area contributed by atoms with Crippen molar-refractivity contribution < 1.29 is 8.78 Å². The molecule has 0 aliphatic carbocycles. The summed E-state index contributed by atoms with van der Waals surface area (Å²) in [5, 5.41) is 0. The second-order valence-corrected chi connectivity index (χ2v) is 3.59. The number of aliphatic imine (C=N–C) groups is 1. The van der Waals surface area contributed by atoms with Crippen molar-refractivity contribution in [3.8, 4) is 0 Å². The third kappa shape index (κ3) is 2.56. The molecule has 86 valence electrons. The average Bonchev–Trinajstić information content (AvgIpc) is 2.35. The van der Waals surface area contributed by atoms with Crippen LogP contribution < -0.4 is 0 Å². The number of hydrogen-bond donors (Lipinski definition) is 0. The van der Waals surface area contributed by atoms with Crippen LogP contribution in [-0.4, -0.2) is 12.8 Å². The Hall–Kier alpha value is -2.03. The van der Waals surface area contributed by atoms with E-state index >= 15 is 0 Å². The van der Waals surface area contributed by atoms with Crippen LogP contribution in [0, 0.1) is 11.6 Å². The summed E-state index contributed by atoms with van der Waals surface area (Å²) >= 11 is 0. The van der Waals surface area contributed by atoms with E-state index in [1.807, 2.05) is 0 Å². The molecule has 1 nitrogen and oxygen atoms in total. The van der Waals surface area contributed by atoms with Crippen LogP contribution in [0.15, 0.2) is 53.5 Å². The maximum atomic E-state index is 12.8. The van der Waals surface area contributed by atoms with Crippen LogP contribution >= 0.6 is 0 Å². The average molecular weight is 231 g/mol. The van der Waals surface area contributed by atoms with E-state index in [2.05, 4.69) is 4.99 Å². The van der Waals surface area contributed by atoms with E-state index in [1.165, 1.54) is 24.3 Å². The Morgan fingerprint density at radius 3 is 1.41 bits per heavy atom. The molecule has 0 aromatic heterocycles. The molecular formula is C14H11F2N. The molecular weight excluding hydrogens is 220 g/mol. The third-order valence-electron chi connectivity index (χ3n) is 2.46. The Labute approximate surface area is 98.4 Å². The third-order valence-corrected chi connectivity index (χ3v) is 2.46. The first kappa shape index (κ1) is 11.5. The van der Waals surface area contributed by atoms with Gasteiger partial charge in [0.15, 0.2) is 0 Å². The van der Waals surface area contributed by atoms with Crippen LogP contribution in [0.3, 0.4) is 0 Å². The van der Waals surface area contributed by atoms with Crippen LogP contribution in [-0.2, 0) is 0 Å². The summed E-state index contributed by atoms with van der Waals surface area (Å²) in [5.41, 5.74) is 2.33. The van der Waals surface area contributed by atoms with E-state index in [1.54, 1.807) is 31.3 Å². The summed E-state index contributed by atoms with van der Waals surface area (Å²) in [4.78, 5) is 4.16. The molecule has 0 aliphatic heterocycles. The first-order valence-corrected chi connectivity index (χ1v) is 5.19. The highest BCUT2D eigenvalue weighted by atomic mass is 19.1. The van der Waals surface area contributed by atoms with Gasteiger partial charge in [-0.3, -0.25) is 4.99 Å². The number of halogens is 2. The van der Waals surface area contributed by atoms with E-state index in [-0.39, 0.29) is 11.6 Å². The van der Waals surface area contributed by atoms with Gasteiger partial charge in [0, 0.05) is 18.2 Å². The van der Waals surface area contributed by atoms with E-state index < -0.39 is 0 Å². The molecule has 2 aromatic carbocycles. The highest BCUT2D eigenvalue weighted by Crippen LogP contribution is 2.12. The Bertz CT molecular complexity index is 480. The lowest BCUT2D eigenvalue weighted by atomic mass is 10.0. The second-order valence-electron chi connectivity index (χ2n) is 3.59. The van der Waals surface area contributed by atoms with Crippen LogP contribution in [0.5, 0.6) is 0 Å². The number of hydrogen-bond acceptors (Lipinski definition) is 1. The maximum Gasteiger partial charge on any atom is 0.123 e. The van der Waals surface area contributed by atoms with Gasteiger partial charge in [-0.05, 0) is 48.5 Å². The van der Waals surface area contributed by atoms with Gasteiger partial charge in [0.05, 0.1) is 5.71 Å². The smallest absolute Gasteiger partial charge is 0.123 e. The van der Waals surface area contributed by atoms with Crippen molar-refractivity contribution in [1.29, 1.82) is 0 Å². The van der Waals surface area contributed by atoms with Gasteiger partial charge < -0.3 is 0 Å². The molecule has 0 bridgehead atoms. The zero-order valence-corrected chi connectivity index (χ0v) is 9.32. The Morgan fingerprint density at radius 2 is 1.12 bits per heavy atom. The highest BCUT2D eigenvalue weighted by Gasteiger charge is 2.06. The molecule has 0 saturated heterocycles. The van der Waals surface area contributed by atoms with Crippen molar-refractivity contribution in [2.75, 3.05) is 7.05 Å². The van der Waals surface area contributed by atoms with Crippen LogP contribution in [0.2, 0.25) is 0 Å². The van der Waals surface area contributed by atoms with Gasteiger partial charge in [-0.1, -0.05) is 0 Å². The lowest BCUT2D eigenvalue weighted by molar-refractivity contribution is 0.627. The standard InChI is InChI=1S/C14H11F2N/c1-17-14(10-2-6-12(15)7-3-10)11-4-8-13(16)9-5-11/h2-9H,1H3. The Kier molecular flexibility index (Phi) is 3.28. The van der Waals surface area contributed by atoms with Crippen LogP contribution in [0.4, 0.5) is 8.78 Å². The predicted molar refractivity (Wildman–Crippen MR) is 64.4 cm³/mol. The molecule has 0 fully saturated rings. The minimum Gasteiger partial charge on any atom is -0.287 e. The summed E-state index contributed by atoms with van der Waals surface area (Å²) in [6.07, 6.45) is 0. The molecule has 0 atom stereocenters. The van der Waals surface area contributed by atoms with E-state index in [4.69, 9.17) is 0 Å². The van der Waals surface area contributed by atoms with Gasteiger partial charge in [-0.15, -0.1) is 0 Å². The molecule has 0 N–H and O–H groups in total. The fourth-order valence-electron chi connectivity index (χ4n) is 1.64. The first-order valence-electron chi connectivity index (χ1n) is 5.19. The topological polar surface area (TPSA) is 12.4 Å². The highest BCUT2D eigenvalue weighted by molar-refractivity contribution is 6.12. The van der Waals surface area contributed by atoms with Crippen molar-refractivity contribution in [2.45, 2.75) is 0 Å². The summed E-state index contributed by atoms with van der Waals surface area (Å²) in [6, 6.07) is 12.1. The molecule has 0 radical (unpaired) electrons. The van der Waals surface area contributed by atoms with Crippen molar-refractivity contribution in [2.24, 2.45) is 4.99 Å². The zero-order chi connectivity index (χ0) is 12.3. The summed E-state index contributed by atoms with van der Waals surface area (Å²) in [5.74, 6) is -0.577. The maximum absolute atomic E-state index is 12.8. The number of benzene rings is 2. The van der Waals surface area contributed by atoms with E-state index in [0.29, 0.717) is 5.71 Å². The quantitative estimate of drug-likeness (QED) is 0.702. The lowest BCUT2D eigenvalue weighted by Crippen LogP contribution is -2.03. The van der Waals surface area contributed by atoms with Crippen molar-refractivity contribution in [1.82, 2.24) is 0 Å². The molecule has 3 heteroatoms. The Morgan fingerprint density at radius 1 is 0.765 bits per heavy atom. The first-order chi connectivity index (χ1) is 8.20.